The third-order valence-electron chi connectivity index (χ3n) is 7.56. The van der Waals surface area contributed by atoms with Gasteiger partial charge < -0.3 is 20.1 Å². The van der Waals surface area contributed by atoms with Gasteiger partial charge in [-0.1, -0.05) is 134 Å². The number of allylic oxidation sites excluding steroid dienone is 6. The minimum Gasteiger partial charge on any atom is -0.457 e. The van der Waals surface area contributed by atoms with Crippen LogP contribution in [0, 0.1) is 0 Å². The Balaban J connectivity index is 3.91. The van der Waals surface area contributed by atoms with Crippen molar-refractivity contribution in [3.63, 3.8) is 0 Å². The fourth-order valence-electron chi connectivity index (χ4n) is 4.82. The summed E-state index contributed by atoms with van der Waals surface area (Å²) in [6.45, 7) is 4.78. The van der Waals surface area contributed by atoms with Crippen LogP contribution in [0.1, 0.15) is 155 Å². The maximum Gasteiger partial charge on any atom is 0.472 e. The number of hydrogen-bond donors (Lipinski definition) is 2. The number of ether oxygens (including phenoxy) is 2. The van der Waals surface area contributed by atoms with E-state index in [4.69, 9.17) is 24.3 Å². The van der Waals surface area contributed by atoms with Crippen LogP contribution in [-0.2, 0) is 27.9 Å². The number of rotatable bonds is 35. The molecule has 0 saturated carbocycles. The van der Waals surface area contributed by atoms with Gasteiger partial charge in [0.05, 0.1) is 19.8 Å². The molecule has 0 aromatic carbocycles. The van der Waals surface area contributed by atoms with Crippen LogP contribution in [0.25, 0.3) is 0 Å². The summed E-state index contributed by atoms with van der Waals surface area (Å²) in [4.78, 5) is 22.1. The highest BCUT2D eigenvalue weighted by molar-refractivity contribution is 7.47. The Morgan fingerprint density at radius 3 is 1.72 bits per heavy atom. The monoisotopic (exact) mass is 671 g/mol. The SMILES string of the molecule is CCCCCCC/C=C\C/C=C\C/C=C\CCCCCCCCCOCC(COP(=O)(O)OCCN)OC(=O)CCCCCCC. The molecule has 8 nitrogen and oxygen atoms in total. The van der Waals surface area contributed by atoms with Gasteiger partial charge in [-0.2, -0.15) is 0 Å². The molecule has 270 valence electrons. The van der Waals surface area contributed by atoms with E-state index < -0.39 is 13.9 Å². The Kier molecular flexibility index (Phi) is 34.1. The Morgan fingerprint density at radius 2 is 1.15 bits per heavy atom. The van der Waals surface area contributed by atoms with Crippen LogP contribution in [-0.4, -0.2) is 49.9 Å². The van der Waals surface area contributed by atoms with Gasteiger partial charge in [-0.25, -0.2) is 4.57 Å². The van der Waals surface area contributed by atoms with Crippen LogP contribution in [0.2, 0.25) is 0 Å². The van der Waals surface area contributed by atoms with Crippen molar-refractivity contribution >= 4 is 13.8 Å². The van der Waals surface area contributed by atoms with Crippen molar-refractivity contribution in [2.24, 2.45) is 5.73 Å². The molecule has 0 aromatic rings. The second-order valence-corrected chi connectivity index (χ2v) is 13.5. The summed E-state index contributed by atoms with van der Waals surface area (Å²) >= 11 is 0. The highest BCUT2D eigenvalue weighted by Gasteiger charge is 2.25. The Labute approximate surface area is 282 Å². The Bertz CT molecular complexity index is 803. The van der Waals surface area contributed by atoms with Crippen molar-refractivity contribution in [2.75, 3.05) is 33.0 Å². The first-order chi connectivity index (χ1) is 22.4. The second kappa shape index (κ2) is 35.0. The van der Waals surface area contributed by atoms with Crippen LogP contribution in [0.3, 0.4) is 0 Å². The molecule has 0 rings (SSSR count). The summed E-state index contributed by atoms with van der Waals surface area (Å²) < 4.78 is 33.0. The van der Waals surface area contributed by atoms with Crippen LogP contribution >= 0.6 is 7.82 Å². The summed E-state index contributed by atoms with van der Waals surface area (Å²) in [7, 11) is -4.26. The van der Waals surface area contributed by atoms with Gasteiger partial charge in [0.1, 0.15) is 6.10 Å². The summed E-state index contributed by atoms with van der Waals surface area (Å²) in [6.07, 6.45) is 37.7. The number of carbonyl (C=O) groups excluding carboxylic acids is 1. The zero-order chi connectivity index (χ0) is 33.8. The molecule has 0 spiro atoms. The standard InChI is InChI=1S/C37H70NO7P/c1-3-5-7-9-10-11-12-13-14-15-16-17-18-19-20-21-22-23-24-25-27-29-32-42-34-36(35-44-46(40,41)43-33-31-38)45-37(39)30-28-26-8-6-4-2/h12-13,15-16,18-19,36H,3-11,14,17,20-35,38H2,1-2H3,(H,40,41)/b13-12-,16-15-,19-18-. The Morgan fingerprint density at radius 1 is 0.652 bits per heavy atom. The average molecular weight is 672 g/mol. The topological polar surface area (TPSA) is 117 Å². The molecule has 0 aliphatic carbocycles. The number of nitrogens with two attached hydrogens (primary N) is 1. The van der Waals surface area contributed by atoms with E-state index in [-0.39, 0.29) is 32.3 Å². The van der Waals surface area contributed by atoms with Gasteiger partial charge in [-0.15, -0.1) is 0 Å². The molecule has 2 atom stereocenters. The summed E-state index contributed by atoms with van der Waals surface area (Å²) in [5, 5.41) is 0. The molecule has 0 saturated heterocycles. The highest BCUT2D eigenvalue weighted by atomic mass is 31.2. The molecule has 0 amide bonds. The van der Waals surface area contributed by atoms with Crippen molar-refractivity contribution < 1.29 is 32.8 Å². The lowest BCUT2D eigenvalue weighted by Gasteiger charge is -2.20. The highest BCUT2D eigenvalue weighted by Crippen LogP contribution is 2.43. The van der Waals surface area contributed by atoms with E-state index in [1.807, 2.05) is 0 Å². The van der Waals surface area contributed by atoms with Crippen molar-refractivity contribution in [1.82, 2.24) is 0 Å². The number of esters is 1. The molecule has 3 N–H and O–H groups in total. The molecule has 0 aromatic heterocycles. The van der Waals surface area contributed by atoms with Crippen molar-refractivity contribution in [3.8, 4) is 0 Å². The lowest BCUT2D eigenvalue weighted by atomic mass is 10.1. The third-order valence-corrected chi connectivity index (χ3v) is 8.54. The number of phosphoric ester groups is 1. The minimum absolute atomic E-state index is 0.0980. The zero-order valence-electron chi connectivity index (χ0n) is 29.6. The second-order valence-electron chi connectivity index (χ2n) is 12.1. The molecule has 0 fully saturated rings. The predicted octanol–water partition coefficient (Wildman–Crippen LogP) is 10.3. The van der Waals surface area contributed by atoms with E-state index in [0.717, 1.165) is 64.2 Å². The number of unbranched alkanes of at least 4 members (excludes halogenated alkanes) is 16. The first-order valence-corrected chi connectivity index (χ1v) is 20.0. The van der Waals surface area contributed by atoms with Crippen LogP contribution in [0.4, 0.5) is 0 Å². The molecule has 0 bridgehead atoms. The van der Waals surface area contributed by atoms with E-state index in [2.05, 4.69) is 50.3 Å². The van der Waals surface area contributed by atoms with Gasteiger partial charge in [-0.3, -0.25) is 13.8 Å². The van der Waals surface area contributed by atoms with Crippen LogP contribution in [0.5, 0.6) is 0 Å². The van der Waals surface area contributed by atoms with Gasteiger partial charge in [0.2, 0.25) is 0 Å². The van der Waals surface area contributed by atoms with Gasteiger partial charge in [0.15, 0.2) is 0 Å². The molecule has 9 heteroatoms. The van der Waals surface area contributed by atoms with Crippen molar-refractivity contribution in [1.29, 1.82) is 0 Å². The molecule has 0 heterocycles. The van der Waals surface area contributed by atoms with Crippen molar-refractivity contribution in [3.05, 3.63) is 36.5 Å². The normalized spacial score (nSPS) is 14.1. The fraction of sp³-hybridized carbons (Fsp3) is 0.811. The molecule has 46 heavy (non-hydrogen) atoms. The summed E-state index contributed by atoms with van der Waals surface area (Å²) in [5.74, 6) is -0.348. The molecular formula is C37H70NO7P. The summed E-state index contributed by atoms with van der Waals surface area (Å²) in [6, 6.07) is 0. The van der Waals surface area contributed by atoms with Crippen LogP contribution in [0.15, 0.2) is 36.5 Å². The van der Waals surface area contributed by atoms with Gasteiger partial charge in [0, 0.05) is 19.6 Å². The van der Waals surface area contributed by atoms with Gasteiger partial charge >= 0.3 is 13.8 Å². The average Bonchev–Trinajstić information content (AvgIpc) is 3.04. The van der Waals surface area contributed by atoms with Gasteiger partial charge in [-0.05, 0) is 51.4 Å². The lowest BCUT2D eigenvalue weighted by Crippen LogP contribution is -2.28. The molecule has 0 aliphatic rings. The smallest absolute Gasteiger partial charge is 0.457 e. The number of phosphoric acid groups is 1. The first kappa shape index (κ1) is 44.7. The predicted molar refractivity (Wildman–Crippen MR) is 192 cm³/mol. The molecule has 0 radical (unpaired) electrons. The first-order valence-electron chi connectivity index (χ1n) is 18.5. The largest absolute Gasteiger partial charge is 0.472 e. The minimum atomic E-state index is -4.26. The van der Waals surface area contributed by atoms with E-state index in [1.165, 1.54) is 70.6 Å². The fourth-order valence-corrected chi connectivity index (χ4v) is 5.59. The number of hydrogen-bond acceptors (Lipinski definition) is 7. The molecular weight excluding hydrogens is 601 g/mol. The van der Waals surface area contributed by atoms with E-state index in [1.54, 1.807) is 0 Å². The lowest BCUT2D eigenvalue weighted by molar-refractivity contribution is -0.154. The van der Waals surface area contributed by atoms with E-state index >= 15 is 0 Å². The quantitative estimate of drug-likeness (QED) is 0.0296. The number of carbonyl (C=O) groups is 1. The van der Waals surface area contributed by atoms with Crippen molar-refractivity contribution in [2.45, 2.75) is 161 Å². The van der Waals surface area contributed by atoms with Gasteiger partial charge in [0.25, 0.3) is 0 Å². The summed E-state index contributed by atoms with van der Waals surface area (Å²) in [5.41, 5.74) is 5.32. The molecule has 0 aliphatic heterocycles. The maximum absolute atomic E-state index is 12.3. The molecule has 2 unspecified atom stereocenters. The third kappa shape index (κ3) is 34.1. The Hall–Kier alpha value is -1.28. The zero-order valence-corrected chi connectivity index (χ0v) is 30.4. The van der Waals surface area contributed by atoms with E-state index in [9.17, 15) is 14.3 Å². The van der Waals surface area contributed by atoms with E-state index in [0.29, 0.717) is 13.0 Å². The van der Waals surface area contributed by atoms with Crippen LogP contribution < -0.4 is 5.73 Å². The maximum atomic E-state index is 12.3.